The van der Waals surface area contributed by atoms with Crippen molar-refractivity contribution in [2.45, 2.75) is 34.6 Å². The molecule has 0 aromatic heterocycles. The van der Waals surface area contributed by atoms with Gasteiger partial charge in [-0.05, 0) is 76.3 Å². The van der Waals surface area contributed by atoms with Crippen LogP contribution in [0.2, 0.25) is 0 Å². The molecule has 0 fully saturated rings. The van der Waals surface area contributed by atoms with Gasteiger partial charge in [0.05, 0.1) is 0 Å². The molecule has 2 aromatic carbocycles. The zero-order valence-electron chi connectivity index (χ0n) is 14.8. The van der Waals surface area contributed by atoms with Crippen LogP contribution in [0.3, 0.4) is 0 Å². The molecule has 0 radical (unpaired) electrons. The van der Waals surface area contributed by atoms with E-state index in [1.807, 2.05) is 19.1 Å². The molecule has 0 saturated carbocycles. The molecule has 3 heteroatoms. The summed E-state index contributed by atoms with van der Waals surface area (Å²) in [5, 5.41) is 1.15. The molecule has 0 aliphatic carbocycles. The van der Waals surface area contributed by atoms with Crippen molar-refractivity contribution >= 4 is 19.4 Å². The van der Waals surface area contributed by atoms with E-state index in [0.29, 0.717) is 0 Å². The summed E-state index contributed by atoms with van der Waals surface area (Å²) in [5.41, 5.74) is 7.07. The van der Waals surface area contributed by atoms with Crippen LogP contribution in [0.25, 0.3) is 0 Å². The molecule has 0 aliphatic heterocycles. The van der Waals surface area contributed by atoms with Gasteiger partial charge in [-0.25, -0.2) is 0 Å². The van der Waals surface area contributed by atoms with Crippen LogP contribution in [0.15, 0.2) is 30.3 Å². The third kappa shape index (κ3) is 3.86. The first kappa shape index (κ1) is 18.2. The van der Waals surface area contributed by atoms with Gasteiger partial charge in [0.1, 0.15) is 0 Å². The summed E-state index contributed by atoms with van der Waals surface area (Å²) in [6, 6.07) is 10.3. The van der Waals surface area contributed by atoms with Gasteiger partial charge in [0, 0.05) is 5.56 Å². The molecule has 2 rings (SSSR count). The maximum absolute atomic E-state index is 12.7. The number of carbonyl (C=O) groups is 1. The van der Waals surface area contributed by atoms with Crippen LogP contribution in [-0.2, 0) is 0 Å². The molecule has 0 heterocycles. The maximum atomic E-state index is 12.7. The van der Waals surface area contributed by atoms with E-state index in [0.717, 1.165) is 22.0 Å². The van der Waals surface area contributed by atoms with Crippen molar-refractivity contribution in [2.75, 3.05) is 0 Å². The van der Waals surface area contributed by atoms with Gasteiger partial charge in [-0.1, -0.05) is 30.3 Å². The van der Waals surface area contributed by atoms with Crippen LogP contribution in [-0.4, -0.2) is 5.52 Å². The van der Waals surface area contributed by atoms with Crippen molar-refractivity contribution < 1.29 is 25.1 Å². The van der Waals surface area contributed by atoms with Gasteiger partial charge >= 0.3 is 18.9 Å². The zero-order chi connectivity index (χ0) is 14.9. The van der Waals surface area contributed by atoms with Crippen molar-refractivity contribution in [3.63, 3.8) is 0 Å². The average molecular weight is 292 g/mol. The Morgan fingerprint density at radius 2 is 1.52 bits per heavy atom. The fraction of sp³-hybridized carbons (Fsp3) is 0.278. The van der Waals surface area contributed by atoms with Crippen molar-refractivity contribution in [1.82, 2.24) is 0 Å². The number of aryl methyl sites for hydroxylation is 3. The van der Waals surface area contributed by atoms with Crippen LogP contribution in [0.5, 0.6) is 0 Å². The minimum atomic E-state index is 0. The van der Waals surface area contributed by atoms with E-state index in [2.05, 4.69) is 45.9 Å². The van der Waals surface area contributed by atoms with Crippen molar-refractivity contribution in [2.24, 2.45) is 0 Å². The van der Waals surface area contributed by atoms with E-state index in [1.54, 1.807) is 0 Å². The van der Waals surface area contributed by atoms with E-state index >= 15 is 0 Å². The van der Waals surface area contributed by atoms with Crippen LogP contribution < -0.4 is 24.2 Å². The Morgan fingerprint density at radius 1 is 0.905 bits per heavy atom. The second-order valence-electron chi connectivity index (χ2n) is 5.40. The van der Waals surface area contributed by atoms with Gasteiger partial charge in [0.2, 0.25) is 0 Å². The summed E-state index contributed by atoms with van der Waals surface area (Å²) in [6.45, 7) is 10.4. The van der Waals surface area contributed by atoms with Crippen molar-refractivity contribution in [1.29, 1.82) is 0 Å². The Kier molecular flexibility index (Phi) is 6.42. The van der Waals surface area contributed by atoms with Crippen molar-refractivity contribution in [3.05, 3.63) is 63.7 Å². The third-order valence-corrected chi connectivity index (χ3v) is 5.28. The molecule has 1 unspecified atom stereocenters. The standard InChI is InChI=1S/C18H21OP.Li.H/c1-11-8-6-7-9-16(11)20-18(19)17-13(3)10-12(2)14(4)15(17)5;;/h6-10,20H,1-5H3;;/q;+1;-1. The molecule has 0 amide bonds. The van der Waals surface area contributed by atoms with Gasteiger partial charge in [-0.2, -0.15) is 0 Å². The molecule has 0 saturated heterocycles. The quantitative estimate of drug-likeness (QED) is 0.619. The largest absolute Gasteiger partial charge is 1.00 e. The molecule has 2 aromatic rings. The number of rotatable bonds is 3. The van der Waals surface area contributed by atoms with Gasteiger partial charge in [0.15, 0.2) is 5.52 Å². The molecule has 21 heavy (non-hydrogen) atoms. The molecule has 0 N–H and O–H groups in total. The zero-order valence-corrected chi connectivity index (χ0v) is 14.8. The van der Waals surface area contributed by atoms with E-state index in [1.165, 1.54) is 16.7 Å². The topological polar surface area (TPSA) is 17.1 Å². The Morgan fingerprint density at radius 3 is 2.14 bits per heavy atom. The Bertz CT molecular complexity index is 683. The predicted molar refractivity (Wildman–Crippen MR) is 90.0 cm³/mol. The second-order valence-corrected chi connectivity index (χ2v) is 6.65. The van der Waals surface area contributed by atoms with Crippen LogP contribution in [0.1, 0.15) is 39.6 Å². The maximum Gasteiger partial charge on any atom is 1.00 e. The second kappa shape index (κ2) is 7.42. The number of benzene rings is 2. The number of hydrogen-bond donors (Lipinski definition) is 0. The van der Waals surface area contributed by atoms with E-state index in [4.69, 9.17) is 0 Å². The summed E-state index contributed by atoms with van der Waals surface area (Å²) in [5.74, 6) is 0. The predicted octanol–water partition coefficient (Wildman–Crippen LogP) is 1.49. The van der Waals surface area contributed by atoms with E-state index < -0.39 is 0 Å². The Hall–Kier alpha value is -0.863. The van der Waals surface area contributed by atoms with E-state index in [-0.39, 0.29) is 34.4 Å². The van der Waals surface area contributed by atoms with Gasteiger partial charge in [-0.3, -0.25) is 4.79 Å². The first-order valence-electron chi connectivity index (χ1n) is 6.86. The first-order valence-corrected chi connectivity index (χ1v) is 7.86. The van der Waals surface area contributed by atoms with Crippen molar-refractivity contribution in [3.8, 4) is 0 Å². The summed E-state index contributed by atoms with van der Waals surface area (Å²) in [6.07, 6.45) is 0. The molecular weight excluding hydrogens is 270 g/mol. The Labute approximate surface area is 143 Å². The fourth-order valence-electron chi connectivity index (χ4n) is 2.53. The molecule has 1 atom stereocenters. The number of hydrogen-bond acceptors (Lipinski definition) is 1. The normalized spacial score (nSPS) is 10.7. The smallest absolute Gasteiger partial charge is 1.00 e. The van der Waals surface area contributed by atoms with Gasteiger partial charge in [0.25, 0.3) is 0 Å². The summed E-state index contributed by atoms with van der Waals surface area (Å²) < 4.78 is 0. The molecular formula is C18H22LiOP. The number of carbonyl (C=O) groups excluding carboxylic acids is 1. The summed E-state index contributed by atoms with van der Waals surface area (Å²) in [7, 11) is 0.202. The van der Waals surface area contributed by atoms with E-state index in [9.17, 15) is 4.79 Å². The molecule has 1 nitrogen and oxygen atoms in total. The molecule has 0 bridgehead atoms. The Balaban J connectivity index is 0.00000220. The van der Waals surface area contributed by atoms with Gasteiger partial charge < -0.3 is 1.43 Å². The molecule has 0 spiro atoms. The summed E-state index contributed by atoms with van der Waals surface area (Å²) in [4.78, 5) is 12.7. The monoisotopic (exact) mass is 292 g/mol. The SMILES string of the molecule is Cc1ccccc1PC(=O)c1c(C)cc(C)c(C)c1C.[H-].[Li+]. The van der Waals surface area contributed by atoms with Crippen LogP contribution in [0.4, 0.5) is 0 Å². The minimum Gasteiger partial charge on any atom is -1.00 e. The minimum absolute atomic E-state index is 0. The fourth-order valence-corrected chi connectivity index (χ4v) is 3.75. The first-order chi connectivity index (χ1) is 9.41. The van der Waals surface area contributed by atoms with Crippen LogP contribution >= 0.6 is 8.58 Å². The average Bonchev–Trinajstić information content (AvgIpc) is 2.39. The van der Waals surface area contributed by atoms with Crippen LogP contribution in [0, 0.1) is 34.6 Å². The third-order valence-electron chi connectivity index (χ3n) is 3.98. The molecule has 106 valence electrons. The summed E-state index contributed by atoms with van der Waals surface area (Å²) >= 11 is 0. The van der Waals surface area contributed by atoms with Gasteiger partial charge in [-0.15, -0.1) is 0 Å². The molecule has 0 aliphatic rings.